The molecule has 0 aliphatic heterocycles. The molecular formula is C18H14Cl4O6S. The Labute approximate surface area is 187 Å². The van der Waals surface area contributed by atoms with E-state index >= 15 is 0 Å². The SMILES string of the molecule is COC(=O)C=C1C(Cl)=CC=C(S(=O)(=O)C2=CC=C(Cl)C(=CC(=O)OC)C2Cl)C1Cl. The van der Waals surface area contributed by atoms with Crippen LogP contribution in [0.1, 0.15) is 0 Å². The van der Waals surface area contributed by atoms with E-state index < -0.39 is 32.5 Å². The minimum atomic E-state index is -4.22. The predicted molar refractivity (Wildman–Crippen MR) is 112 cm³/mol. The summed E-state index contributed by atoms with van der Waals surface area (Å²) in [6, 6.07) is 0. The number of esters is 2. The maximum atomic E-state index is 13.2. The quantitative estimate of drug-likeness (QED) is 0.331. The number of hydrogen-bond acceptors (Lipinski definition) is 6. The number of hydrogen-bond donors (Lipinski definition) is 0. The molecule has 0 spiro atoms. The first kappa shape index (κ1) is 23.8. The van der Waals surface area contributed by atoms with Gasteiger partial charge in [-0.2, -0.15) is 0 Å². The van der Waals surface area contributed by atoms with Crippen molar-refractivity contribution in [2.24, 2.45) is 0 Å². The monoisotopic (exact) mass is 498 g/mol. The molecule has 0 aromatic heterocycles. The summed E-state index contributed by atoms with van der Waals surface area (Å²) in [6.45, 7) is 0. The number of alkyl halides is 2. The van der Waals surface area contributed by atoms with Gasteiger partial charge in [0, 0.05) is 33.4 Å². The van der Waals surface area contributed by atoms with E-state index in [1.54, 1.807) is 0 Å². The van der Waals surface area contributed by atoms with Crippen molar-refractivity contribution in [2.45, 2.75) is 10.8 Å². The highest BCUT2D eigenvalue weighted by molar-refractivity contribution is 7.99. The average Bonchev–Trinajstić information content (AvgIpc) is 2.67. The fourth-order valence-corrected chi connectivity index (χ4v) is 5.80. The van der Waals surface area contributed by atoms with Gasteiger partial charge in [-0.15, -0.1) is 23.2 Å². The molecule has 2 aliphatic rings. The lowest BCUT2D eigenvalue weighted by Gasteiger charge is -2.25. The number of sulfone groups is 1. The summed E-state index contributed by atoms with van der Waals surface area (Å²) in [7, 11) is -1.90. The Morgan fingerprint density at radius 1 is 0.828 bits per heavy atom. The standard InChI is InChI=1S/C18H14Cl4O6S/c1-27-15(23)7-9-11(19)3-5-13(17(9)21)29(25,26)14-6-4-12(20)10(18(14)22)8-16(24)28-2/h3-8,17-18H,1-2H3. The average molecular weight is 500 g/mol. The summed E-state index contributed by atoms with van der Waals surface area (Å²) in [5, 5.41) is -2.36. The van der Waals surface area contributed by atoms with Crippen LogP contribution in [0.3, 0.4) is 0 Å². The van der Waals surface area contributed by atoms with Crippen LogP contribution in [-0.2, 0) is 28.9 Å². The van der Waals surface area contributed by atoms with Crippen LogP contribution in [0, 0.1) is 0 Å². The van der Waals surface area contributed by atoms with Gasteiger partial charge < -0.3 is 9.47 Å². The van der Waals surface area contributed by atoms with E-state index in [2.05, 4.69) is 9.47 Å². The van der Waals surface area contributed by atoms with Gasteiger partial charge in [-0.05, 0) is 24.3 Å². The molecule has 0 amide bonds. The second-order valence-electron chi connectivity index (χ2n) is 5.64. The molecule has 2 aliphatic carbocycles. The molecule has 2 rings (SSSR count). The first-order valence-corrected chi connectivity index (χ1v) is 10.9. The maximum absolute atomic E-state index is 13.2. The van der Waals surface area contributed by atoms with Crippen molar-refractivity contribution in [3.8, 4) is 0 Å². The molecular weight excluding hydrogens is 486 g/mol. The van der Waals surface area contributed by atoms with E-state index in [1.807, 2.05) is 0 Å². The van der Waals surface area contributed by atoms with Crippen molar-refractivity contribution in [2.75, 3.05) is 14.2 Å². The first-order valence-electron chi connectivity index (χ1n) is 7.82. The van der Waals surface area contributed by atoms with E-state index in [9.17, 15) is 18.0 Å². The lowest BCUT2D eigenvalue weighted by molar-refractivity contribution is -0.135. The van der Waals surface area contributed by atoms with E-state index in [0.29, 0.717) is 0 Å². The zero-order valence-electron chi connectivity index (χ0n) is 15.0. The number of halogens is 4. The normalized spacial score (nSPS) is 25.0. The topological polar surface area (TPSA) is 86.7 Å². The van der Waals surface area contributed by atoms with Gasteiger partial charge in [-0.3, -0.25) is 0 Å². The molecule has 11 heteroatoms. The summed E-state index contributed by atoms with van der Waals surface area (Å²) in [4.78, 5) is 22.6. The fraction of sp³-hybridized carbons (Fsp3) is 0.222. The third kappa shape index (κ3) is 4.98. The van der Waals surface area contributed by atoms with Crippen molar-refractivity contribution < 1.29 is 27.5 Å². The Morgan fingerprint density at radius 3 is 1.48 bits per heavy atom. The fourth-order valence-electron chi connectivity index (χ4n) is 2.46. The molecule has 6 nitrogen and oxygen atoms in total. The van der Waals surface area contributed by atoms with Gasteiger partial charge in [0.15, 0.2) is 0 Å². The van der Waals surface area contributed by atoms with Crippen LogP contribution in [0.4, 0.5) is 0 Å². The summed E-state index contributed by atoms with van der Waals surface area (Å²) < 4.78 is 35.6. The van der Waals surface area contributed by atoms with Crippen LogP contribution in [-0.4, -0.2) is 45.3 Å². The molecule has 0 fully saturated rings. The Bertz CT molecular complexity index is 955. The zero-order valence-corrected chi connectivity index (χ0v) is 18.8. The van der Waals surface area contributed by atoms with Crippen molar-refractivity contribution in [1.82, 2.24) is 0 Å². The summed E-state index contributed by atoms with van der Waals surface area (Å²) in [5.74, 6) is -1.50. The van der Waals surface area contributed by atoms with E-state index in [1.165, 1.54) is 24.3 Å². The highest BCUT2D eigenvalue weighted by Gasteiger charge is 2.38. The number of allylic oxidation sites excluding steroid dienone is 10. The maximum Gasteiger partial charge on any atom is 0.330 e. The minimum Gasteiger partial charge on any atom is -0.466 e. The van der Waals surface area contributed by atoms with Gasteiger partial charge in [-0.1, -0.05) is 23.2 Å². The Kier molecular flexibility index (Phi) is 7.81. The second-order valence-corrected chi connectivity index (χ2v) is 9.28. The van der Waals surface area contributed by atoms with Crippen molar-refractivity contribution in [3.05, 3.63) is 67.5 Å². The second kappa shape index (κ2) is 9.53. The third-order valence-corrected chi connectivity index (χ3v) is 7.83. The van der Waals surface area contributed by atoms with Gasteiger partial charge in [-0.25, -0.2) is 18.0 Å². The smallest absolute Gasteiger partial charge is 0.330 e. The lowest BCUT2D eigenvalue weighted by Crippen LogP contribution is -2.26. The zero-order chi connectivity index (χ0) is 21.9. The molecule has 0 N–H and O–H groups in total. The van der Waals surface area contributed by atoms with Gasteiger partial charge in [0.05, 0.1) is 34.8 Å². The molecule has 156 valence electrons. The number of carbonyl (C=O) groups is 2. The van der Waals surface area contributed by atoms with Crippen molar-refractivity contribution in [3.63, 3.8) is 0 Å². The molecule has 0 aromatic carbocycles. The van der Waals surface area contributed by atoms with Crippen LogP contribution < -0.4 is 0 Å². The van der Waals surface area contributed by atoms with E-state index in [-0.39, 0.29) is 31.0 Å². The highest BCUT2D eigenvalue weighted by Crippen LogP contribution is 2.41. The van der Waals surface area contributed by atoms with Crippen LogP contribution in [0.15, 0.2) is 67.5 Å². The number of ether oxygens (including phenoxy) is 2. The molecule has 0 radical (unpaired) electrons. The van der Waals surface area contributed by atoms with Gasteiger partial charge in [0.1, 0.15) is 0 Å². The van der Waals surface area contributed by atoms with Crippen LogP contribution in [0.5, 0.6) is 0 Å². The van der Waals surface area contributed by atoms with Gasteiger partial charge >= 0.3 is 11.9 Å². The molecule has 0 heterocycles. The van der Waals surface area contributed by atoms with Gasteiger partial charge in [0.25, 0.3) is 0 Å². The predicted octanol–water partition coefficient (Wildman–Crippen LogP) is 3.86. The summed E-state index contributed by atoms with van der Waals surface area (Å²) >= 11 is 24.8. The van der Waals surface area contributed by atoms with Crippen molar-refractivity contribution in [1.29, 1.82) is 0 Å². The van der Waals surface area contributed by atoms with Crippen LogP contribution >= 0.6 is 46.4 Å². The number of methoxy groups -OCH3 is 2. The molecule has 0 saturated heterocycles. The summed E-state index contributed by atoms with van der Waals surface area (Å²) in [6.07, 6.45) is 7.04. The van der Waals surface area contributed by atoms with E-state index in [4.69, 9.17) is 46.4 Å². The van der Waals surface area contributed by atoms with Crippen LogP contribution in [0.2, 0.25) is 0 Å². The van der Waals surface area contributed by atoms with Gasteiger partial charge in [0.2, 0.25) is 9.84 Å². The lowest BCUT2D eigenvalue weighted by atomic mass is 10.1. The third-order valence-electron chi connectivity index (χ3n) is 3.95. The van der Waals surface area contributed by atoms with Crippen molar-refractivity contribution >= 4 is 68.2 Å². The first-order chi connectivity index (χ1) is 13.5. The Hall–Kier alpha value is -1.51. The number of carbonyl (C=O) groups excluding carboxylic acids is 2. The Morgan fingerprint density at radius 2 is 1.17 bits per heavy atom. The highest BCUT2D eigenvalue weighted by atomic mass is 35.5. The molecule has 29 heavy (non-hydrogen) atoms. The molecule has 0 aromatic rings. The summed E-state index contributed by atoms with van der Waals surface area (Å²) in [5.41, 5.74) is 0.116. The number of rotatable bonds is 4. The minimum absolute atomic E-state index is 0.0580. The molecule has 2 unspecified atom stereocenters. The molecule has 0 saturated carbocycles. The Balaban J connectivity index is 2.53. The largest absolute Gasteiger partial charge is 0.466 e. The molecule has 0 bridgehead atoms. The van der Waals surface area contributed by atoms with Crippen LogP contribution in [0.25, 0.3) is 0 Å². The van der Waals surface area contributed by atoms with E-state index in [0.717, 1.165) is 26.4 Å². The molecule has 2 atom stereocenters.